The molecule has 1 saturated heterocycles. The molecule has 2 aliphatic heterocycles. The van der Waals surface area contributed by atoms with Crippen LogP contribution in [0.15, 0.2) is 71.7 Å². The van der Waals surface area contributed by atoms with Gasteiger partial charge in [-0.05, 0) is 73.0 Å². The SMILES string of the molecule is COC(C)[Si](C)(C)C.Fc1cccc(C2NCCC(c3cccc(Cl)c3)C23C=Nc2cc(Cl)ccc23)c1. The van der Waals surface area contributed by atoms with Crippen molar-refractivity contribution >= 4 is 43.2 Å². The molecule has 3 aromatic rings. The molecule has 1 N–H and O–H groups in total. The zero-order valence-corrected chi connectivity index (χ0v) is 24.6. The molecule has 196 valence electrons. The molecule has 2 heterocycles. The van der Waals surface area contributed by atoms with Gasteiger partial charge in [0.15, 0.2) is 0 Å². The third kappa shape index (κ3) is 5.86. The summed E-state index contributed by atoms with van der Waals surface area (Å²) >= 11 is 12.6. The normalized spacial score (nSPS) is 23.4. The minimum atomic E-state index is -0.983. The van der Waals surface area contributed by atoms with E-state index in [2.05, 4.69) is 44.0 Å². The van der Waals surface area contributed by atoms with Crippen molar-refractivity contribution < 1.29 is 9.13 Å². The van der Waals surface area contributed by atoms with E-state index in [-0.39, 0.29) is 17.8 Å². The highest BCUT2D eigenvalue weighted by Gasteiger charge is 2.52. The van der Waals surface area contributed by atoms with Crippen molar-refractivity contribution in [1.82, 2.24) is 5.32 Å². The molecule has 0 aliphatic carbocycles. The van der Waals surface area contributed by atoms with Gasteiger partial charge in [0.2, 0.25) is 0 Å². The highest BCUT2D eigenvalue weighted by atomic mass is 35.5. The molecule has 3 aromatic carbocycles. The summed E-state index contributed by atoms with van der Waals surface area (Å²) in [7, 11) is 0.798. The molecule has 5 rings (SSSR count). The van der Waals surface area contributed by atoms with Crippen LogP contribution in [-0.4, -0.2) is 33.7 Å². The summed E-state index contributed by atoms with van der Waals surface area (Å²) < 4.78 is 19.3. The number of piperidine rings is 1. The van der Waals surface area contributed by atoms with Gasteiger partial charge in [0.05, 0.1) is 19.2 Å². The Balaban J connectivity index is 0.000000349. The molecule has 0 amide bonds. The van der Waals surface area contributed by atoms with Gasteiger partial charge in [-0.15, -0.1) is 0 Å². The molecular weight excluding hydrogens is 522 g/mol. The van der Waals surface area contributed by atoms with Crippen LogP contribution in [0.4, 0.5) is 10.1 Å². The highest BCUT2D eigenvalue weighted by molar-refractivity contribution is 6.77. The number of ether oxygens (including phenoxy) is 1. The fourth-order valence-electron chi connectivity index (χ4n) is 5.31. The van der Waals surface area contributed by atoms with Gasteiger partial charge < -0.3 is 10.1 Å². The predicted molar refractivity (Wildman–Crippen MR) is 157 cm³/mol. The number of hydrogen-bond donors (Lipinski definition) is 1. The average Bonchev–Trinajstić information content (AvgIpc) is 3.21. The molecule has 4 atom stereocenters. The van der Waals surface area contributed by atoms with Gasteiger partial charge in [0.25, 0.3) is 0 Å². The molecule has 3 nitrogen and oxygen atoms in total. The number of fused-ring (bicyclic) bond motifs is 2. The second kappa shape index (κ2) is 11.4. The number of hydrogen-bond acceptors (Lipinski definition) is 3. The Hall–Kier alpha value is -2.02. The minimum absolute atomic E-state index is 0.123. The number of nitrogens with one attached hydrogen (secondary N) is 1. The topological polar surface area (TPSA) is 33.6 Å². The van der Waals surface area contributed by atoms with Gasteiger partial charge in [0, 0.05) is 41.1 Å². The Morgan fingerprint density at radius 2 is 1.70 bits per heavy atom. The fourth-order valence-corrected chi connectivity index (χ4v) is 6.38. The molecule has 0 saturated carbocycles. The number of aliphatic imine (C=N–C) groups is 1. The molecule has 0 radical (unpaired) electrons. The third-order valence-corrected chi connectivity index (χ3v) is 10.8. The van der Waals surface area contributed by atoms with Gasteiger partial charge in [-0.1, -0.05) is 73.2 Å². The zero-order valence-electron chi connectivity index (χ0n) is 22.1. The van der Waals surface area contributed by atoms with Crippen molar-refractivity contribution in [1.29, 1.82) is 0 Å². The molecule has 1 fully saturated rings. The molecule has 7 heteroatoms. The summed E-state index contributed by atoms with van der Waals surface area (Å²) in [6.07, 6.45) is 2.95. The Kier molecular flexibility index (Phi) is 8.61. The fraction of sp³-hybridized carbons (Fsp3) is 0.367. The molecule has 4 unspecified atom stereocenters. The van der Waals surface area contributed by atoms with Crippen molar-refractivity contribution in [3.8, 4) is 0 Å². The Bertz CT molecular complexity index is 1220. The van der Waals surface area contributed by atoms with E-state index in [4.69, 9.17) is 32.9 Å². The van der Waals surface area contributed by atoms with E-state index in [0.29, 0.717) is 15.8 Å². The molecule has 0 aromatic heterocycles. The van der Waals surface area contributed by atoms with Crippen molar-refractivity contribution in [2.24, 2.45) is 4.99 Å². The number of halogens is 3. The van der Waals surface area contributed by atoms with E-state index in [1.54, 1.807) is 19.2 Å². The first-order valence-electron chi connectivity index (χ1n) is 12.7. The predicted octanol–water partition coefficient (Wildman–Crippen LogP) is 8.50. The quantitative estimate of drug-likeness (QED) is 0.326. The lowest BCUT2D eigenvalue weighted by Crippen LogP contribution is -2.51. The first-order chi connectivity index (χ1) is 17.6. The molecule has 0 bridgehead atoms. The largest absolute Gasteiger partial charge is 0.385 e. The van der Waals surface area contributed by atoms with E-state index in [1.165, 1.54) is 6.07 Å². The summed E-state index contributed by atoms with van der Waals surface area (Å²) in [5.74, 6) is -0.0995. The average molecular weight is 558 g/mol. The van der Waals surface area contributed by atoms with Crippen LogP contribution in [0.2, 0.25) is 29.7 Å². The Morgan fingerprint density at radius 3 is 2.35 bits per heavy atom. The monoisotopic (exact) mass is 556 g/mol. The first-order valence-corrected chi connectivity index (χ1v) is 17.0. The Labute approximate surface area is 231 Å². The standard InChI is InChI=1S/C24H19Cl2FN2.C6H16OSi/c25-17-5-1-3-15(11-17)20-9-10-28-23(16-4-2-6-19(27)12-16)24(20)14-29-22-13-18(26)7-8-21(22)24;1-6(7-2)8(3,4)5/h1-8,11-14,20,23,28H,9-10H2;6H,1-5H3. The van der Waals surface area contributed by atoms with Crippen LogP contribution in [0.5, 0.6) is 0 Å². The summed E-state index contributed by atoms with van der Waals surface area (Å²) in [4.78, 5) is 4.76. The van der Waals surface area contributed by atoms with Crippen LogP contribution in [0, 0.1) is 5.82 Å². The van der Waals surface area contributed by atoms with Crippen molar-refractivity contribution in [2.45, 2.75) is 56.1 Å². The maximum Gasteiger partial charge on any atom is 0.123 e. The van der Waals surface area contributed by atoms with Crippen molar-refractivity contribution in [2.75, 3.05) is 13.7 Å². The summed E-state index contributed by atoms with van der Waals surface area (Å²) in [6, 6.07) is 20.6. The number of methoxy groups -OCH3 is 1. The first kappa shape index (κ1) is 28.0. The minimum Gasteiger partial charge on any atom is -0.385 e. The number of rotatable bonds is 4. The number of benzene rings is 3. The van der Waals surface area contributed by atoms with E-state index in [0.717, 1.165) is 35.3 Å². The van der Waals surface area contributed by atoms with E-state index >= 15 is 0 Å². The van der Waals surface area contributed by atoms with Gasteiger partial charge in [-0.2, -0.15) is 0 Å². The molecule has 37 heavy (non-hydrogen) atoms. The summed E-state index contributed by atoms with van der Waals surface area (Å²) in [5, 5.41) is 5.01. The summed E-state index contributed by atoms with van der Waals surface area (Å²) in [6.45, 7) is 9.88. The molecule has 2 aliphatic rings. The van der Waals surface area contributed by atoms with Crippen LogP contribution in [0.25, 0.3) is 0 Å². The highest BCUT2D eigenvalue weighted by Crippen LogP contribution is 2.56. The second-order valence-electron chi connectivity index (χ2n) is 10.9. The molecular formula is C30H35Cl2FN2OSi. The maximum absolute atomic E-state index is 14.1. The van der Waals surface area contributed by atoms with Gasteiger partial charge in [-0.3, -0.25) is 4.99 Å². The van der Waals surface area contributed by atoms with Gasteiger partial charge in [0.1, 0.15) is 5.82 Å². The zero-order chi connectivity index (χ0) is 26.8. The van der Waals surface area contributed by atoms with Gasteiger partial charge >= 0.3 is 0 Å². The Morgan fingerprint density at radius 1 is 1.00 bits per heavy atom. The van der Waals surface area contributed by atoms with E-state index in [1.807, 2.05) is 42.6 Å². The van der Waals surface area contributed by atoms with Crippen LogP contribution in [-0.2, 0) is 10.2 Å². The van der Waals surface area contributed by atoms with Crippen molar-refractivity contribution in [3.05, 3.63) is 99.3 Å². The lowest BCUT2D eigenvalue weighted by molar-refractivity contribution is 0.172. The van der Waals surface area contributed by atoms with Crippen LogP contribution >= 0.6 is 23.2 Å². The van der Waals surface area contributed by atoms with Crippen LogP contribution < -0.4 is 5.32 Å². The second-order valence-corrected chi connectivity index (χ2v) is 17.4. The van der Waals surface area contributed by atoms with Gasteiger partial charge in [-0.25, -0.2) is 4.39 Å². The van der Waals surface area contributed by atoms with E-state index < -0.39 is 13.5 Å². The van der Waals surface area contributed by atoms with E-state index in [9.17, 15) is 4.39 Å². The van der Waals surface area contributed by atoms with Crippen LogP contribution in [0.3, 0.4) is 0 Å². The molecule has 1 spiro atoms. The lowest BCUT2D eigenvalue weighted by Gasteiger charge is -2.47. The smallest absolute Gasteiger partial charge is 0.123 e. The third-order valence-electron chi connectivity index (χ3n) is 7.69. The van der Waals surface area contributed by atoms with Crippen molar-refractivity contribution in [3.63, 3.8) is 0 Å². The summed E-state index contributed by atoms with van der Waals surface area (Å²) in [5.41, 5.74) is 4.07. The number of nitrogens with zero attached hydrogens (tertiary/aromatic N) is 1. The maximum atomic E-state index is 14.1. The lowest BCUT2D eigenvalue weighted by atomic mass is 9.60. The van der Waals surface area contributed by atoms with Crippen LogP contribution in [0.1, 0.15) is 42.0 Å².